The lowest BCUT2D eigenvalue weighted by molar-refractivity contribution is 0.442. The minimum Gasteiger partial charge on any atom is -0.384 e. The van der Waals surface area contributed by atoms with E-state index >= 15 is 0 Å². The van der Waals surface area contributed by atoms with Crippen LogP contribution >= 0.6 is 0 Å². The van der Waals surface area contributed by atoms with Gasteiger partial charge in [-0.15, -0.1) is 0 Å². The Morgan fingerprint density at radius 3 is 2.00 bits per heavy atom. The molecular weight excluding hydrogens is 225 g/mol. The lowest BCUT2D eigenvalue weighted by Gasteiger charge is -2.24. The molecule has 1 aromatic carbocycles. The molecule has 0 unspecified atom stereocenters. The maximum Gasteiger partial charge on any atom is 0.129 e. The minimum absolute atomic E-state index is 0.112. The van der Waals surface area contributed by atoms with E-state index in [4.69, 9.17) is 0 Å². The summed E-state index contributed by atoms with van der Waals surface area (Å²) in [7, 11) is 0. The van der Waals surface area contributed by atoms with Gasteiger partial charge in [-0.05, 0) is 41.0 Å². The minimum atomic E-state index is -0.156. The summed E-state index contributed by atoms with van der Waals surface area (Å²) in [6.45, 7) is 15.4. The summed E-state index contributed by atoms with van der Waals surface area (Å²) >= 11 is 0. The predicted octanol–water partition coefficient (Wildman–Crippen LogP) is 4.89. The Labute approximate surface area is 111 Å². The molecule has 0 fully saturated rings. The molecule has 0 aliphatic rings. The number of benzene rings is 1. The van der Waals surface area contributed by atoms with Crippen molar-refractivity contribution in [3.63, 3.8) is 0 Å². The van der Waals surface area contributed by atoms with Gasteiger partial charge in [0.1, 0.15) is 5.82 Å². The molecule has 0 aliphatic carbocycles. The fraction of sp³-hybridized carbons (Fsp3) is 0.625. The Morgan fingerprint density at radius 1 is 1.06 bits per heavy atom. The SMILES string of the molecule is Cc1cc(NCC(C)(C)C)cc(F)c1C(C)(C)C. The topological polar surface area (TPSA) is 12.0 Å². The second kappa shape index (κ2) is 4.91. The fourth-order valence-corrected chi connectivity index (χ4v) is 2.16. The summed E-state index contributed by atoms with van der Waals surface area (Å²) in [5.41, 5.74) is 2.72. The largest absolute Gasteiger partial charge is 0.384 e. The summed E-state index contributed by atoms with van der Waals surface area (Å²) in [4.78, 5) is 0. The van der Waals surface area contributed by atoms with Crippen LogP contribution in [0.15, 0.2) is 12.1 Å². The van der Waals surface area contributed by atoms with Gasteiger partial charge in [-0.25, -0.2) is 4.39 Å². The van der Waals surface area contributed by atoms with Crippen molar-refractivity contribution in [1.29, 1.82) is 0 Å². The van der Waals surface area contributed by atoms with E-state index < -0.39 is 0 Å². The quantitative estimate of drug-likeness (QED) is 0.789. The second-order valence-corrected chi connectivity index (χ2v) is 7.31. The molecule has 1 rings (SSSR count). The summed E-state index contributed by atoms with van der Waals surface area (Å²) < 4.78 is 14.2. The third-order valence-corrected chi connectivity index (χ3v) is 2.86. The van der Waals surface area contributed by atoms with Crippen LogP contribution in [0.25, 0.3) is 0 Å². The smallest absolute Gasteiger partial charge is 0.129 e. The number of hydrogen-bond donors (Lipinski definition) is 1. The van der Waals surface area contributed by atoms with Gasteiger partial charge in [0.2, 0.25) is 0 Å². The van der Waals surface area contributed by atoms with Crippen molar-refractivity contribution in [3.05, 3.63) is 29.1 Å². The molecule has 0 atom stereocenters. The molecule has 102 valence electrons. The Bertz CT molecular complexity index is 399. The molecule has 1 N–H and O–H groups in total. The fourth-order valence-electron chi connectivity index (χ4n) is 2.16. The lowest BCUT2D eigenvalue weighted by Crippen LogP contribution is -2.20. The first-order valence-corrected chi connectivity index (χ1v) is 6.55. The number of hydrogen-bond acceptors (Lipinski definition) is 1. The zero-order valence-electron chi connectivity index (χ0n) is 12.7. The van der Waals surface area contributed by atoms with Gasteiger partial charge in [0.05, 0.1) is 0 Å². The average molecular weight is 251 g/mol. The van der Waals surface area contributed by atoms with Crippen LogP contribution in [0, 0.1) is 18.2 Å². The summed E-state index contributed by atoms with van der Waals surface area (Å²) in [5.74, 6) is -0.112. The molecule has 0 amide bonds. The zero-order chi connectivity index (χ0) is 14.1. The zero-order valence-corrected chi connectivity index (χ0v) is 12.7. The van der Waals surface area contributed by atoms with Crippen molar-refractivity contribution in [2.24, 2.45) is 5.41 Å². The van der Waals surface area contributed by atoms with E-state index in [-0.39, 0.29) is 16.6 Å². The molecule has 0 bridgehead atoms. The van der Waals surface area contributed by atoms with Crippen molar-refractivity contribution in [3.8, 4) is 0 Å². The van der Waals surface area contributed by atoms with Gasteiger partial charge in [0.15, 0.2) is 0 Å². The van der Waals surface area contributed by atoms with Gasteiger partial charge in [0, 0.05) is 12.2 Å². The third-order valence-electron chi connectivity index (χ3n) is 2.86. The van der Waals surface area contributed by atoms with E-state index in [0.717, 1.165) is 23.4 Å². The monoisotopic (exact) mass is 251 g/mol. The number of anilines is 1. The summed E-state index contributed by atoms with van der Waals surface area (Å²) in [5, 5.41) is 3.30. The second-order valence-electron chi connectivity index (χ2n) is 7.31. The molecule has 1 nitrogen and oxygen atoms in total. The first-order chi connectivity index (χ1) is 8.00. The molecule has 0 saturated heterocycles. The first-order valence-electron chi connectivity index (χ1n) is 6.55. The molecule has 0 aliphatic heterocycles. The van der Waals surface area contributed by atoms with Crippen molar-refractivity contribution < 1.29 is 4.39 Å². The highest BCUT2D eigenvalue weighted by molar-refractivity contribution is 5.50. The number of rotatable bonds is 2. The van der Waals surface area contributed by atoms with Gasteiger partial charge < -0.3 is 5.32 Å². The van der Waals surface area contributed by atoms with Crippen LogP contribution < -0.4 is 5.32 Å². The summed E-state index contributed by atoms with van der Waals surface area (Å²) in [6, 6.07) is 3.65. The molecule has 0 spiro atoms. The Morgan fingerprint density at radius 2 is 1.61 bits per heavy atom. The Hall–Kier alpha value is -1.05. The third kappa shape index (κ3) is 4.01. The molecule has 0 saturated carbocycles. The van der Waals surface area contributed by atoms with Crippen LogP contribution in [0.2, 0.25) is 0 Å². The molecular formula is C16H26FN. The van der Waals surface area contributed by atoms with E-state index in [0.29, 0.717) is 0 Å². The van der Waals surface area contributed by atoms with E-state index in [1.807, 2.05) is 33.8 Å². The van der Waals surface area contributed by atoms with Crippen molar-refractivity contribution in [2.75, 3.05) is 11.9 Å². The lowest BCUT2D eigenvalue weighted by atomic mass is 9.83. The highest BCUT2D eigenvalue weighted by atomic mass is 19.1. The number of halogens is 1. The van der Waals surface area contributed by atoms with E-state index in [2.05, 4.69) is 26.1 Å². The van der Waals surface area contributed by atoms with E-state index in [1.165, 1.54) is 0 Å². The number of nitrogens with one attached hydrogen (secondary N) is 1. The normalized spacial score (nSPS) is 12.7. The van der Waals surface area contributed by atoms with Crippen molar-refractivity contribution in [2.45, 2.75) is 53.9 Å². The molecule has 2 heteroatoms. The van der Waals surface area contributed by atoms with Crippen molar-refractivity contribution >= 4 is 5.69 Å². The highest BCUT2D eigenvalue weighted by Crippen LogP contribution is 2.30. The van der Waals surface area contributed by atoms with Crippen LogP contribution in [0.1, 0.15) is 52.7 Å². The van der Waals surface area contributed by atoms with Crippen molar-refractivity contribution in [1.82, 2.24) is 0 Å². The van der Waals surface area contributed by atoms with E-state index in [1.54, 1.807) is 6.07 Å². The molecule has 0 radical (unpaired) electrons. The Balaban J connectivity index is 3.01. The molecule has 1 aromatic rings. The van der Waals surface area contributed by atoms with Gasteiger partial charge in [-0.2, -0.15) is 0 Å². The maximum absolute atomic E-state index is 14.2. The van der Waals surface area contributed by atoms with Crippen LogP contribution in [0.4, 0.5) is 10.1 Å². The molecule has 0 aromatic heterocycles. The van der Waals surface area contributed by atoms with Crippen LogP contribution in [-0.4, -0.2) is 6.54 Å². The first kappa shape index (κ1) is 15.0. The van der Waals surface area contributed by atoms with E-state index in [9.17, 15) is 4.39 Å². The van der Waals surface area contributed by atoms with Gasteiger partial charge >= 0.3 is 0 Å². The molecule has 18 heavy (non-hydrogen) atoms. The van der Waals surface area contributed by atoms with Crippen LogP contribution in [-0.2, 0) is 5.41 Å². The van der Waals surface area contributed by atoms with Gasteiger partial charge in [-0.3, -0.25) is 0 Å². The number of aryl methyl sites for hydroxylation is 1. The highest BCUT2D eigenvalue weighted by Gasteiger charge is 2.21. The van der Waals surface area contributed by atoms with Gasteiger partial charge in [-0.1, -0.05) is 41.5 Å². The van der Waals surface area contributed by atoms with Crippen LogP contribution in [0.5, 0.6) is 0 Å². The Kier molecular flexibility index (Phi) is 4.09. The van der Waals surface area contributed by atoms with Crippen LogP contribution in [0.3, 0.4) is 0 Å². The standard InChI is InChI=1S/C16H26FN/c1-11-8-12(18-10-15(2,3)4)9-13(17)14(11)16(5,6)7/h8-9,18H,10H2,1-7H3. The predicted molar refractivity (Wildman–Crippen MR) is 77.8 cm³/mol. The van der Waals surface area contributed by atoms with Gasteiger partial charge in [0.25, 0.3) is 0 Å². The maximum atomic E-state index is 14.2. The average Bonchev–Trinajstić information content (AvgIpc) is 2.10. The summed E-state index contributed by atoms with van der Waals surface area (Å²) in [6.07, 6.45) is 0. The molecule has 0 heterocycles.